The van der Waals surface area contributed by atoms with Gasteiger partial charge in [-0.1, -0.05) is 0 Å². The highest BCUT2D eigenvalue weighted by Gasteiger charge is 2.20. The van der Waals surface area contributed by atoms with E-state index in [2.05, 4.69) is 25.5 Å². The maximum atomic E-state index is 5.80. The molecule has 2 aromatic heterocycles. The van der Waals surface area contributed by atoms with Gasteiger partial charge in [-0.25, -0.2) is 0 Å². The van der Waals surface area contributed by atoms with Gasteiger partial charge in [0.05, 0.1) is 6.10 Å². The standard InChI is InChI=1S/C12H19N7O/c13-6-1-9-20-10-4-7-18(8-5-10)12-3-2-11-14-16-17-19(11)15-12/h2-3,10H,1,4-9,13H2. The first-order valence-electron chi connectivity index (χ1n) is 6.99. The van der Waals surface area contributed by atoms with Gasteiger partial charge in [0.2, 0.25) is 0 Å². The molecule has 0 atom stereocenters. The van der Waals surface area contributed by atoms with E-state index in [1.807, 2.05) is 12.1 Å². The number of piperidine rings is 1. The molecule has 0 bridgehead atoms. The van der Waals surface area contributed by atoms with Gasteiger partial charge in [0.1, 0.15) is 0 Å². The van der Waals surface area contributed by atoms with Crippen molar-refractivity contribution < 1.29 is 4.74 Å². The van der Waals surface area contributed by atoms with E-state index in [9.17, 15) is 0 Å². The summed E-state index contributed by atoms with van der Waals surface area (Å²) < 4.78 is 7.26. The van der Waals surface area contributed by atoms with Gasteiger partial charge >= 0.3 is 0 Å². The maximum Gasteiger partial charge on any atom is 0.200 e. The summed E-state index contributed by atoms with van der Waals surface area (Å²) in [6, 6.07) is 3.84. The molecular formula is C12H19N7O. The fraction of sp³-hybridized carbons (Fsp3) is 0.667. The lowest BCUT2D eigenvalue weighted by Crippen LogP contribution is -2.38. The molecule has 0 aromatic carbocycles. The molecule has 1 saturated heterocycles. The average Bonchev–Trinajstić information content (AvgIpc) is 2.96. The average molecular weight is 277 g/mol. The molecule has 1 aliphatic rings. The molecule has 0 spiro atoms. The van der Waals surface area contributed by atoms with Crippen LogP contribution in [0.1, 0.15) is 19.3 Å². The Morgan fingerprint density at radius 1 is 1.30 bits per heavy atom. The van der Waals surface area contributed by atoms with Crippen LogP contribution in [0.5, 0.6) is 0 Å². The second kappa shape index (κ2) is 6.10. The summed E-state index contributed by atoms with van der Waals surface area (Å²) in [6.07, 6.45) is 3.30. The zero-order valence-corrected chi connectivity index (χ0v) is 11.4. The quantitative estimate of drug-likeness (QED) is 0.760. The number of anilines is 1. The first-order chi connectivity index (χ1) is 9.86. The molecule has 0 amide bonds. The van der Waals surface area contributed by atoms with E-state index in [-0.39, 0.29) is 0 Å². The minimum atomic E-state index is 0.342. The number of rotatable bonds is 5. The Bertz CT molecular complexity index is 549. The highest BCUT2D eigenvalue weighted by Crippen LogP contribution is 2.19. The van der Waals surface area contributed by atoms with E-state index in [0.717, 1.165) is 44.8 Å². The molecule has 8 heteroatoms. The van der Waals surface area contributed by atoms with Crippen LogP contribution in [0.3, 0.4) is 0 Å². The monoisotopic (exact) mass is 277 g/mol. The van der Waals surface area contributed by atoms with Crippen LogP contribution in [-0.2, 0) is 4.74 Å². The van der Waals surface area contributed by atoms with E-state index < -0.39 is 0 Å². The van der Waals surface area contributed by atoms with Crippen molar-refractivity contribution in [2.24, 2.45) is 5.73 Å². The van der Waals surface area contributed by atoms with Crippen molar-refractivity contribution in [3.05, 3.63) is 12.1 Å². The number of tetrazole rings is 1. The van der Waals surface area contributed by atoms with Crippen molar-refractivity contribution in [1.29, 1.82) is 0 Å². The van der Waals surface area contributed by atoms with E-state index in [1.54, 1.807) is 0 Å². The van der Waals surface area contributed by atoms with Crippen LogP contribution in [0, 0.1) is 0 Å². The number of hydrogen-bond acceptors (Lipinski definition) is 7. The third-order valence-electron chi connectivity index (χ3n) is 3.52. The van der Waals surface area contributed by atoms with Crippen LogP contribution in [0.25, 0.3) is 5.65 Å². The predicted molar refractivity (Wildman–Crippen MR) is 73.4 cm³/mol. The Balaban J connectivity index is 1.57. The van der Waals surface area contributed by atoms with Crippen LogP contribution in [-0.4, -0.2) is 57.6 Å². The molecule has 0 radical (unpaired) electrons. The normalized spacial score (nSPS) is 16.9. The second-order valence-corrected chi connectivity index (χ2v) is 4.92. The van der Waals surface area contributed by atoms with Gasteiger partial charge in [0.15, 0.2) is 11.5 Å². The fourth-order valence-electron chi connectivity index (χ4n) is 2.39. The van der Waals surface area contributed by atoms with Gasteiger partial charge in [-0.3, -0.25) is 0 Å². The third kappa shape index (κ3) is 2.86. The summed E-state index contributed by atoms with van der Waals surface area (Å²) in [6.45, 7) is 3.33. The smallest absolute Gasteiger partial charge is 0.200 e. The summed E-state index contributed by atoms with van der Waals surface area (Å²) in [5.74, 6) is 0.908. The Hall–Kier alpha value is -1.80. The molecule has 108 valence electrons. The number of ether oxygens (including phenoxy) is 1. The van der Waals surface area contributed by atoms with Crippen molar-refractivity contribution in [2.75, 3.05) is 31.1 Å². The summed E-state index contributed by atoms with van der Waals surface area (Å²) >= 11 is 0. The number of hydrogen-bond donors (Lipinski definition) is 1. The maximum absolute atomic E-state index is 5.80. The number of aromatic nitrogens is 5. The fourth-order valence-corrected chi connectivity index (χ4v) is 2.39. The Morgan fingerprint density at radius 2 is 2.15 bits per heavy atom. The summed E-state index contributed by atoms with van der Waals surface area (Å²) in [7, 11) is 0. The molecule has 2 N–H and O–H groups in total. The Labute approximate surface area is 116 Å². The Kier molecular flexibility index (Phi) is 4.03. The number of nitrogens with zero attached hydrogens (tertiary/aromatic N) is 6. The van der Waals surface area contributed by atoms with Crippen molar-refractivity contribution in [1.82, 2.24) is 25.3 Å². The van der Waals surface area contributed by atoms with Crippen LogP contribution in [0.4, 0.5) is 5.82 Å². The SMILES string of the molecule is NCCCOC1CCN(c2ccc3nnnn3n2)CC1. The van der Waals surface area contributed by atoms with Crippen LogP contribution >= 0.6 is 0 Å². The molecule has 0 aliphatic carbocycles. The van der Waals surface area contributed by atoms with Gasteiger partial charge in [-0.05, 0) is 48.4 Å². The van der Waals surface area contributed by atoms with E-state index >= 15 is 0 Å². The first kappa shape index (κ1) is 13.2. The second-order valence-electron chi connectivity index (χ2n) is 4.92. The van der Waals surface area contributed by atoms with E-state index in [4.69, 9.17) is 10.5 Å². The lowest BCUT2D eigenvalue weighted by Gasteiger charge is -2.32. The van der Waals surface area contributed by atoms with Crippen LogP contribution in [0.15, 0.2) is 12.1 Å². The van der Waals surface area contributed by atoms with Crippen molar-refractivity contribution in [3.63, 3.8) is 0 Å². The van der Waals surface area contributed by atoms with E-state index in [0.29, 0.717) is 18.3 Å². The summed E-state index contributed by atoms with van der Waals surface area (Å²) in [5, 5.41) is 15.7. The minimum Gasteiger partial charge on any atom is -0.378 e. The first-order valence-corrected chi connectivity index (χ1v) is 6.99. The molecule has 3 heterocycles. The molecule has 8 nitrogen and oxygen atoms in total. The highest BCUT2D eigenvalue weighted by molar-refractivity contribution is 5.44. The zero-order valence-electron chi connectivity index (χ0n) is 11.4. The predicted octanol–water partition coefficient (Wildman–Crippen LogP) is -0.147. The summed E-state index contributed by atoms with van der Waals surface area (Å²) in [4.78, 5) is 2.24. The minimum absolute atomic E-state index is 0.342. The molecule has 0 saturated carbocycles. The Morgan fingerprint density at radius 3 is 2.95 bits per heavy atom. The van der Waals surface area contributed by atoms with Gasteiger partial charge in [0, 0.05) is 19.7 Å². The van der Waals surface area contributed by atoms with Gasteiger partial charge in [-0.15, -0.1) is 14.8 Å². The van der Waals surface area contributed by atoms with Gasteiger partial charge < -0.3 is 15.4 Å². The largest absolute Gasteiger partial charge is 0.378 e. The molecule has 0 unspecified atom stereocenters. The van der Waals surface area contributed by atoms with Gasteiger partial charge in [0.25, 0.3) is 0 Å². The van der Waals surface area contributed by atoms with Crippen molar-refractivity contribution >= 4 is 11.5 Å². The molecule has 2 aromatic rings. The molecular weight excluding hydrogens is 258 g/mol. The molecule has 1 fully saturated rings. The highest BCUT2D eigenvalue weighted by atomic mass is 16.5. The number of nitrogens with two attached hydrogens (primary N) is 1. The molecule has 3 rings (SSSR count). The number of fused-ring (bicyclic) bond motifs is 1. The molecule has 1 aliphatic heterocycles. The van der Waals surface area contributed by atoms with Gasteiger partial charge in [-0.2, -0.15) is 0 Å². The lowest BCUT2D eigenvalue weighted by molar-refractivity contribution is 0.0365. The van der Waals surface area contributed by atoms with Crippen LogP contribution < -0.4 is 10.6 Å². The van der Waals surface area contributed by atoms with Crippen molar-refractivity contribution in [2.45, 2.75) is 25.4 Å². The van der Waals surface area contributed by atoms with E-state index in [1.165, 1.54) is 4.63 Å². The third-order valence-corrected chi connectivity index (χ3v) is 3.52. The lowest BCUT2D eigenvalue weighted by atomic mass is 10.1. The topological polar surface area (TPSA) is 94.5 Å². The summed E-state index contributed by atoms with van der Waals surface area (Å²) in [5.41, 5.74) is 6.12. The van der Waals surface area contributed by atoms with Crippen LogP contribution in [0.2, 0.25) is 0 Å². The van der Waals surface area contributed by atoms with Crippen molar-refractivity contribution in [3.8, 4) is 0 Å². The zero-order chi connectivity index (χ0) is 13.8. The molecule has 20 heavy (non-hydrogen) atoms.